The van der Waals surface area contributed by atoms with Gasteiger partial charge >= 0.3 is 5.97 Å². The number of cyclic esters (lactones) is 1. The first-order valence-electron chi connectivity index (χ1n) is 18.6. The molecule has 4 aromatic rings. The number of carbonyl (C=O) groups is 3. The van der Waals surface area contributed by atoms with E-state index < -0.39 is 36.1 Å². The van der Waals surface area contributed by atoms with Crippen LogP contribution in [0.2, 0.25) is 0 Å². The zero-order chi connectivity index (χ0) is 37.6. The van der Waals surface area contributed by atoms with Gasteiger partial charge in [-0.3, -0.25) is 28.8 Å². The van der Waals surface area contributed by atoms with Gasteiger partial charge in [-0.1, -0.05) is 26.8 Å². The molecule has 0 radical (unpaired) electrons. The van der Waals surface area contributed by atoms with Crippen LogP contribution in [0.4, 0.5) is 4.39 Å². The van der Waals surface area contributed by atoms with Gasteiger partial charge in [-0.15, -0.1) is 11.3 Å². The molecule has 1 aromatic carbocycles. The van der Waals surface area contributed by atoms with Gasteiger partial charge in [0.25, 0.3) is 5.91 Å². The van der Waals surface area contributed by atoms with Crippen molar-refractivity contribution in [2.75, 3.05) is 26.9 Å². The predicted molar refractivity (Wildman–Crippen MR) is 264 cm³/mol. The summed E-state index contributed by atoms with van der Waals surface area (Å²) in [7, 11) is 1.69. The molecule has 2 fully saturated rings. The Labute approximate surface area is 392 Å². The summed E-state index contributed by atoms with van der Waals surface area (Å²) in [5.41, 5.74) is 9.41. The summed E-state index contributed by atoms with van der Waals surface area (Å²) in [6, 6.07) is 8.75. The number of carbonyl (C=O) groups excluding carboxylic acids is 3. The van der Waals surface area contributed by atoms with Crippen molar-refractivity contribution in [1.82, 2.24) is 30.3 Å². The molecule has 2 N–H and O–H groups in total. The molecule has 11 nitrogen and oxygen atoms in total. The second-order valence-electron chi connectivity index (χ2n) is 15.5. The number of nitrogens with one attached hydrogen (secondary N) is 2. The van der Waals surface area contributed by atoms with Crippen LogP contribution in [-0.4, -0.2) is 76.3 Å². The average Bonchev–Trinajstić information content (AvgIpc) is 3.44. The number of aryl methyl sites for hydroxylation is 1. The number of nitrogens with zero attached hydrogens (tertiary/aromatic N) is 4. The largest absolute Gasteiger partial charge is 0.464 e. The van der Waals surface area contributed by atoms with Gasteiger partial charge in [0, 0.05) is 77.5 Å². The molecule has 2 aliphatic heterocycles. The number of esters is 1. The summed E-state index contributed by atoms with van der Waals surface area (Å²) < 4.78 is 27.7. The van der Waals surface area contributed by atoms with Crippen molar-refractivity contribution in [3.63, 3.8) is 0 Å². The number of ether oxygens (including phenoxy) is 2. The molecule has 6 bridgehead atoms. The number of amides is 2. The molecule has 1 saturated heterocycles. The lowest BCUT2D eigenvalue weighted by Gasteiger charge is -2.35. The molecule has 0 spiro atoms. The van der Waals surface area contributed by atoms with Gasteiger partial charge in [0.2, 0.25) is 5.91 Å². The SMILES string of the molecule is CCn1c(-c2cccnc2[C@H](C)OC)c2c3cc(ccc31)-c1csc(n1)C[C@H](NC(=O)[C@H]1[C@H](C)[C@@H]1CF)C(=O)N1CCC[C@H](N1)C(=O)OCC(C)(C)C2.S.S.S.S.S.S. The Balaban J connectivity index is 0.00000290. The van der Waals surface area contributed by atoms with Gasteiger partial charge in [0.15, 0.2) is 0 Å². The number of benzene rings is 1. The van der Waals surface area contributed by atoms with E-state index in [9.17, 15) is 18.8 Å². The third kappa shape index (κ3) is 11.3. The number of hydrogen-bond acceptors (Lipinski definition) is 9. The summed E-state index contributed by atoms with van der Waals surface area (Å²) in [5.74, 6) is -2.04. The number of thiazole rings is 1. The van der Waals surface area contributed by atoms with Crippen LogP contribution in [0.15, 0.2) is 41.9 Å². The van der Waals surface area contributed by atoms with Gasteiger partial charge in [-0.25, -0.2) is 10.4 Å². The first-order chi connectivity index (χ1) is 25.4. The van der Waals surface area contributed by atoms with Gasteiger partial charge < -0.3 is 19.4 Å². The highest BCUT2D eigenvalue weighted by Gasteiger charge is 2.52. The lowest BCUT2D eigenvalue weighted by atomic mass is 9.84. The second-order valence-corrected chi connectivity index (χ2v) is 16.4. The number of rotatable bonds is 7. The minimum Gasteiger partial charge on any atom is -0.464 e. The number of methoxy groups -OCH3 is 1. The molecular formula is C40H61FN6O5S7. The number of alkyl halides is 1. The molecule has 6 atom stereocenters. The third-order valence-corrected chi connectivity index (χ3v) is 12.1. The van der Waals surface area contributed by atoms with E-state index in [4.69, 9.17) is 19.4 Å². The van der Waals surface area contributed by atoms with Crippen LogP contribution in [0.25, 0.3) is 33.4 Å². The van der Waals surface area contributed by atoms with Crippen molar-refractivity contribution < 1.29 is 28.2 Å². The lowest BCUT2D eigenvalue weighted by molar-refractivity contribution is -0.155. The van der Waals surface area contributed by atoms with Gasteiger partial charge in [-0.2, -0.15) is 81.0 Å². The maximum absolute atomic E-state index is 14.1. The van der Waals surface area contributed by atoms with E-state index in [-0.39, 0.29) is 124 Å². The number of fused-ring (bicyclic) bond motifs is 6. The van der Waals surface area contributed by atoms with Crippen LogP contribution in [0.5, 0.6) is 0 Å². The Morgan fingerprint density at radius 3 is 2.54 bits per heavy atom. The average molecular weight is 949 g/mol. The van der Waals surface area contributed by atoms with Crippen LogP contribution < -0.4 is 10.7 Å². The van der Waals surface area contributed by atoms with Crippen molar-refractivity contribution in [3.8, 4) is 22.5 Å². The Hall–Kier alpha value is -2.10. The molecule has 1 saturated carbocycles. The number of halogens is 1. The molecule has 19 heteroatoms. The van der Waals surface area contributed by atoms with Crippen molar-refractivity contribution in [2.24, 2.45) is 23.2 Å². The van der Waals surface area contributed by atoms with E-state index in [1.807, 2.05) is 25.3 Å². The Morgan fingerprint density at radius 2 is 1.88 bits per heavy atom. The molecule has 3 aromatic heterocycles. The smallest absolute Gasteiger partial charge is 0.324 e. The second kappa shape index (κ2) is 22.8. The Bertz CT molecular complexity index is 2050. The molecule has 0 unspecified atom stereocenters. The van der Waals surface area contributed by atoms with Crippen LogP contribution in [0, 0.1) is 23.2 Å². The van der Waals surface area contributed by atoms with Crippen LogP contribution in [0.3, 0.4) is 0 Å². The highest BCUT2D eigenvalue weighted by Crippen LogP contribution is 2.46. The minimum absolute atomic E-state index is 0. The number of hydrazine groups is 1. The minimum atomic E-state index is -0.951. The number of pyridine rings is 1. The summed E-state index contributed by atoms with van der Waals surface area (Å²) in [5, 5.41) is 8.10. The van der Waals surface area contributed by atoms with E-state index >= 15 is 0 Å². The van der Waals surface area contributed by atoms with E-state index in [1.165, 1.54) is 16.3 Å². The summed E-state index contributed by atoms with van der Waals surface area (Å²) in [4.78, 5) is 50.8. The monoisotopic (exact) mass is 948 g/mol. The topological polar surface area (TPSA) is 128 Å². The number of hydrogen-bond donors (Lipinski definition) is 2. The zero-order valence-corrected chi connectivity index (χ0v) is 41.1. The molecule has 330 valence electrons. The zero-order valence-electron chi connectivity index (χ0n) is 34.3. The van der Waals surface area contributed by atoms with Crippen molar-refractivity contribution in [3.05, 3.63) is 58.2 Å². The molecule has 3 aliphatic rings. The fraction of sp³-hybridized carbons (Fsp3) is 0.525. The highest BCUT2D eigenvalue weighted by atomic mass is 32.1. The number of aromatic nitrogens is 3. The lowest BCUT2D eigenvalue weighted by Crippen LogP contribution is -2.60. The van der Waals surface area contributed by atoms with Gasteiger partial charge in [0.1, 0.15) is 12.1 Å². The maximum atomic E-state index is 14.1. The summed E-state index contributed by atoms with van der Waals surface area (Å²) in [6.45, 7) is 10.9. The van der Waals surface area contributed by atoms with E-state index in [0.29, 0.717) is 37.4 Å². The highest BCUT2D eigenvalue weighted by molar-refractivity contribution is 7.60. The Morgan fingerprint density at radius 1 is 1.15 bits per heavy atom. The standard InChI is InChI=1S/C40H49FN6O5S.6H2S/c1-7-46-32-13-12-24-16-26(32)27(36(46)25-10-8-14-42-35(25)23(3)51-6)18-40(4,5)21-52-39(50)29-11-9-15-47(45-29)38(49)30(17-33-43-31(24)20-53-33)44-37(48)34-22(2)28(34)19-41;;;;;;/h8,10,12-14,16,20,22-23,28-30,34,45H,7,9,11,15,17-19,21H2,1-6H3,(H,44,48);6*1H2/t22-,23+,28+,29+,30+,34+;;;;;;/m1....../s1. The molecular weight excluding hydrogens is 888 g/mol. The van der Waals surface area contributed by atoms with E-state index in [1.54, 1.807) is 13.3 Å². The first kappa shape index (κ1) is 54.9. The molecule has 7 rings (SSSR count). The quantitative estimate of drug-likeness (QED) is 0.196. The molecule has 5 heterocycles. The van der Waals surface area contributed by atoms with Crippen LogP contribution in [0.1, 0.15) is 69.8 Å². The third-order valence-electron chi connectivity index (χ3n) is 11.2. The maximum Gasteiger partial charge on any atom is 0.324 e. The van der Waals surface area contributed by atoms with Crippen LogP contribution >= 0.6 is 92.3 Å². The van der Waals surface area contributed by atoms with Crippen molar-refractivity contribution >= 4 is 121 Å². The van der Waals surface area contributed by atoms with Gasteiger partial charge in [-0.05, 0) is 68.9 Å². The van der Waals surface area contributed by atoms with E-state index in [2.05, 4.69) is 60.3 Å². The van der Waals surface area contributed by atoms with Crippen molar-refractivity contribution in [2.45, 2.75) is 85.0 Å². The Kier molecular flexibility index (Phi) is 21.3. The predicted octanol–water partition coefficient (Wildman–Crippen LogP) is 6.73. The van der Waals surface area contributed by atoms with Crippen LogP contribution in [-0.2, 0) is 43.2 Å². The van der Waals surface area contributed by atoms with E-state index in [0.717, 1.165) is 44.7 Å². The summed E-state index contributed by atoms with van der Waals surface area (Å²) >= 11 is 1.43. The molecule has 1 aliphatic carbocycles. The first-order valence-corrected chi connectivity index (χ1v) is 19.5. The molecule has 2 amide bonds. The fourth-order valence-corrected chi connectivity index (χ4v) is 8.90. The van der Waals surface area contributed by atoms with Gasteiger partial charge in [0.05, 0.1) is 41.5 Å². The normalized spacial score (nSPS) is 22.6. The summed E-state index contributed by atoms with van der Waals surface area (Å²) in [6.07, 6.45) is 3.41. The molecule has 59 heavy (non-hydrogen) atoms. The van der Waals surface area contributed by atoms with Crippen molar-refractivity contribution in [1.29, 1.82) is 0 Å². The fourth-order valence-electron chi connectivity index (χ4n) is 8.05.